The number of carbonyl (C=O) groups excluding carboxylic acids is 1. The summed E-state index contributed by atoms with van der Waals surface area (Å²) >= 11 is 0. The van der Waals surface area contributed by atoms with Crippen LogP contribution in [0.5, 0.6) is 11.6 Å². The zero-order valence-electron chi connectivity index (χ0n) is 16.4. The van der Waals surface area contributed by atoms with Crippen molar-refractivity contribution in [2.24, 2.45) is 5.41 Å². The van der Waals surface area contributed by atoms with Crippen LogP contribution in [0.1, 0.15) is 35.3 Å². The lowest BCUT2D eigenvalue weighted by Gasteiger charge is -2.37. The molecule has 9 heteroatoms. The summed E-state index contributed by atoms with van der Waals surface area (Å²) in [6, 6.07) is 2.81. The fourth-order valence-electron chi connectivity index (χ4n) is 3.08. The molecule has 0 amide bonds. The van der Waals surface area contributed by atoms with Crippen molar-refractivity contribution in [2.45, 2.75) is 32.2 Å². The van der Waals surface area contributed by atoms with Gasteiger partial charge >= 0.3 is 0 Å². The van der Waals surface area contributed by atoms with Crippen LogP contribution < -0.4 is 4.74 Å². The number of carbonyl (C=O) groups is 1. The first kappa shape index (κ1) is 20.3. The molecular weight excluding hydrogens is 384 g/mol. The van der Waals surface area contributed by atoms with Crippen molar-refractivity contribution in [3.05, 3.63) is 35.0 Å². The molecule has 1 saturated heterocycles. The molecule has 1 aromatic heterocycles. The highest BCUT2D eigenvalue weighted by molar-refractivity contribution is 7.90. The summed E-state index contributed by atoms with van der Waals surface area (Å²) in [5.41, 5.74) is 0.521. The number of aryl methyl sites for hydroxylation is 1. The second kappa shape index (κ2) is 7.21. The van der Waals surface area contributed by atoms with Crippen molar-refractivity contribution in [2.75, 3.05) is 26.1 Å². The van der Waals surface area contributed by atoms with E-state index in [2.05, 4.69) is 5.10 Å². The maximum absolute atomic E-state index is 13.0. The van der Waals surface area contributed by atoms with Crippen LogP contribution in [-0.4, -0.2) is 55.2 Å². The predicted molar refractivity (Wildman–Crippen MR) is 102 cm³/mol. The summed E-state index contributed by atoms with van der Waals surface area (Å²) in [6.07, 6.45) is 2.40. The number of benzene rings is 1. The fourth-order valence-corrected chi connectivity index (χ4v) is 3.94. The summed E-state index contributed by atoms with van der Waals surface area (Å²) in [6.45, 7) is 7.17. The lowest BCUT2D eigenvalue weighted by molar-refractivity contribution is -0.120. The molecule has 3 rings (SSSR count). The number of ketones is 1. The molecule has 1 N–H and O–H groups in total. The van der Waals surface area contributed by atoms with E-state index in [1.807, 2.05) is 6.92 Å². The van der Waals surface area contributed by atoms with Gasteiger partial charge in [0.2, 0.25) is 5.88 Å². The highest BCUT2D eigenvalue weighted by Gasteiger charge is 2.35. The van der Waals surface area contributed by atoms with Crippen molar-refractivity contribution in [3.8, 4) is 11.6 Å². The van der Waals surface area contributed by atoms with Gasteiger partial charge in [0.25, 0.3) is 0 Å². The van der Waals surface area contributed by atoms with E-state index in [1.54, 1.807) is 13.8 Å². The van der Waals surface area contributed by atoms with Gasteiger partial charge in [-0.3, -0.25) is 4.79 Å². The normalized spacial score (nSPS) is 15.9. The predicted octanol–water partition coefficient (Wildman–Crippen LogP) is 1.97. The lowest BCUT2D eigenvalue weighted by Crippen LogP contribution is -2.44. The summed E-state index contributed by atoms with van der Waals surface area (Å²) < 4.78 is 36.8. The molecule has 0 unspecified atom stereocenters. The molecule has 152 valence electrons. The molecule has 1 fully saturated rings. The van der Waals surface area contributed by atoms with E-state index in [0.29, 0.717) is 25.3 Å². The molecule has 0 atom stereocenters. The van der Waals surface area contributed by atoms with Gasteiger partial charge in [-0.1, -0.05) is 6.92 Å². The molecule has 2 heterocycles. The number of ether oxygens (including phenoxy) is 2. The van der Waals surface area contributed by atoms with Gasteiger partial charge in [0.05, 0.1) is 26.0 Å². The molecule has 1 aliphatic heterocycles. The monoisotopic (exact) mass is 408 g/mol. The third-order valence-electron chi connectivity index (χ3n) is 4.84. The number of sulfone groups is 1. The Morgan fingerprint density at radius 3 is 2.54 bits per heavy atom. The molecule has 2 aromatic rings. The number of aromatic nitrogens is 2. The molecule has 28 heavy (non-hydrogen) atoms. The number of aromatic hydroxyl groups is 1. The van der Waals surface area contributed by atoms with E-state index < -0.39 is 15.6 Å². The summed E-state index contributed by atoms with van der Waals surface area (Å²) in [5, 5.41) is 14.2. The van der Waals surface area contributed by atoms with Crippen molar-refractivity contribution in [1.29, 1.82) is 0 Å². The first-order valence-corrected chi connectivity index (χ1v) is 10.8. The minimum Gasteiger partial charge on any atom is -0.493 e. The third-order valence-corrected chi connectivity index (χ3v) is 5.96. The van der Waals surface area contributed by atoms with Crippen molar-refractivity contribution >= 4 is 15.6 Å². The Hall–Kier alpha value is -2.39. The first-order valence-electron chi connectivity index (χ1n) is 8.91. The highest BCUT2D eigenvalue weighted by atomic mass is 32.2. The molecule has 0 radical (unpaired) electrons. The smallest absolute Gasteiger partial charge is 0.220 e. The van der Waals surface area contributed by atoms with Crippen molar-refractivity contribution < 1.29 is 27.8 Å². The van der Waals surface area contributed by atoms with Gasteiger partial charge in [0.1, 0.15) is 16.2 Å². The van der Waals surface area contributed by atoms with Crippen LogP contribution in [-0.2, 0) is 21.1 Å². The van der Waals surface area contributed by atoms with Crippen LogP contribution in [0.2, 0.25) is 0 Å². The topological polar surface area (TPSA) is 108 Å². The van der Waals surface area contributed by atoms with Gasteiger partial charge in [-0.05, 0) is 26.0 Å². The lowest BCUT2D eigenvalue weighted by atomic mass is 9.90. The molecule has 1 aliphatic rings. The van der Waals surface area contributed by atoms with Crippen LogP contribution in [0.4, 0.5) is 0 Å². The van der Waals surface area contributed by atoms with Crippen molar-refractivity contribution in [1.82, 2.24) is 9.78 Å². The Kier molecular flexibility index (Phi) is 5.24. The highest BCUT2D eigenvalue weighted by Crippen LogP contribution is 2.35. The van der Waals surface area contributed by atoms with Gasteiger partial charge in [0, 0.05) is 29.3 Å². The van der Waals surface area contributed by atoms with Gasteiger partial charge < -0.3 is 14.6 Å². The van der Waals surface area contributed by atoms with E-state index in [4.69, 9.17) is 9.47 Å². The number of rotatable bonds is 7. The second-order valence-electron chi connectivity index (χ2n) is 7.46. The van der Waals surface area contributed by atoms with Crippen LogP contribution in [0.3, 0.4) is 0 Å². The first-order chi connectivity index (χ1) is 13.1. The van der Waals surface area contributed by atoms with E-state index in [-0.39, 0.29) is 39.7 Å². The van der Waals surface area contributed by atoms with Gasteiger partial charge in [-0.2, -0.15) is 5.10 Å². The van der Waals surface area contributed by atoms with E-state index >= 15 is 0 Å². The van der Waals surface area contributed by atoms with Gasteiger partial charge in [-0.25, -0.2) is 13.1 Å². The number of hydrogen-bond acceptors (Lipinski definition) is 7. The quantitative estimate of drug-likeness (QED) is 0.698. The van der Waals surface area contributed by atoms with Gasteiger partial charge in [0.15, 0.2) is 15.6 Å². The van der Waals surface area contributed by atoms with E-state index in [0.717, 1.165) is 6.26 Å². The number of hydrogen-bond donors (Lipinski definition) is 1. The molecule has 8 nitrogen and oxygen atoms in total. The average molecular weight is 408 g/mol. The second-order valence-corrected chi connectivity index (χ2v) is 9.44. The van der Waals surface area contributed by atoms with Crippen LogP contribution >= 0.6 is 0 Å². The largest absolute Gasteiger partial charge is 0.493 e. The fraction of sp³-hybridized carbons (Fsp3) is 0.474. The molecule has 1 aromatic carbocycles. The third kappa shape index (κ3) is 3.64. The maximum Gasteiger partial charge on any atom is 0.220 e. The molecule has 0 spiro atoms. The van der Waals surface area contributed by atoms with Gasteiger partial charge in [-0.15, -0.1) is 0 Å². The minimum absolute atomic E-state index is 0.0267. The standard InChI is InChI=1S/C19H24N2O6S/c1-5-21-18(23)14(8-20-21)16(22)13-6-7-15(28(4,24)25)17(12(13)2)27-11-19(3)9-26-10-19/h6-8,23H,5,9-11H2,1-4H3. The Morgan fingerprint density at radius 2 is 2.04 bits per heavy atom. The van der Waals surface area contributed by atoms with Crippen LogP contribution in [0, 0.1) is 12.3 Å². The van der Waals surface area contributed by atoms with Crippen LogP contribution in [0.15, 0.2) is 23.2 Å². The molecule has 0 bridgehead atoms. The SMILES string of the molecule is CCn1ncc(C(=O)c2ccc(S(C)(=O)=O)c(OCC3(C)COC3)c2C)c1O. The molecule has 0 aliphatic carbocycles. The van der Waals surface area contributed by atoms with Crippen molar-refractivity contribution in [3.63, 3.8) is 0 Å². The summed E-state index contributed by atoms with van der Waals surface area (Å²) in [4.78, 5) is 13.0. The molecular formula is C19H24N2O6S. The molecule has 0 saturated carbocycles. The maximum atomic E-state index is 13.0. The minimum atomic E-state index is -3.56. The Balaban J connectivity index is 2.03. The Morgan fingerprint density at radius 1 is 1.36 bits per heavy atom. The summed E-state index contributed by atoms with van der Waals surface area (Å²) in [5.74, 6) is -0.512. The van der Waals surface area contributed by atoms with E-state index in [9.17, 15) is 18.3 Å². The van der Waals surface area contributed by atoms with E-state index in [1.165, 1.54) is 23.0 Å². The van der Waals surface area contributed by atoms with Crippen LogP contribution in [0.25, 0.3) is 0 Å². The number of nitrogens with zero attached hydrogens (tertiary/aromatic N) is 2. The Labute approximate surface area is 164 Å². The summed E-state index contributed by atoms with van der Waals surface area (Å²) in [7, 11) is -3.56. The zero-order valence-corrected chi connectivity index (χ0v) is 17.2. The zero-order chi connectivity index (χ0) is 20.7. The Bertz CT molecular complexity index is 1020. The average Bonchev–Trinajstić information content (AvgIpc) is 2.98.